The van der Waals surface area contributed by atoms with Gasteiger partial charge in [0.1, 0.15) is 0 Å². The zero-order valence-electron chi connectivity index (χ0n) is 10.5. The molecule has 0 aliphatic rings. The molecular weight excluding hydrogens is 289 g/mol. The summed E-state index contributed by atoms with van der Waals surface area (Å²) in [6, 6.07) is 4.54. The number of benzene rings is 1. The van der Waals surface area contributed by atoms with Crippen LogP contribution in [-0.2, 0) is 17.4 Å². The highest BCUT2D eigenvalue weighted by Gasteiger charge is 2.29. The molecule has 1 amide bonds. The van der Waals surface area contributed by atoms with Gasteiger partial charge in [0.25, 0.3) is 0 Å². The number of thiazole rings is 1. The molecular formula is C13H11F3N2OS. The van der Waals surface area contributed by atoms with Gasteiger partial charge in [0, 0.05) is 5.38 Å². The summed E-state index contributed by atoms with van der Waals surface area (Å²) in [5.41, 5.74) is 0.598. The third-order valence-corrected chi connectivity index (χ3v) is 3.39. The van der Waals surface area contributed by atoms with Gasteiger partial charge in [-0.3, -0.25) is 4.79 Å². The van der Waals surface area contributed by atoms with E-state index < -0.39 is 11.7 Å². The van der Waals surface area contributed by atoms with E-state index in [1.54, 1.807) is 5.38 Å². The minimum Gasteiger partial charge on any atom is -0.302 e. The Labute approximate surface area is 117 Å². The summed E-state index contributed by atoms with van der Waals surface area (Å²) in [4.78, 5) is 15.8. The number of alkyl halides is 3. The number of halogens is 3. The second-order valence-electron chi connectivity index (χ2n) is 4.21. The predicted molar refractivity (Wildman–Crippen MR) is 70.6 cm³/mol. The maximum Gasteiger partial charge on any atom is 0.416 e. The highest BCUT2D eigenvalue weighted by molar-refractivity contribution is 7.13. The number of nitrogens with zero attached hydrogens (tertiary/aromatic N) is 1. The standard InChI is InChI=1S/C13H11F3N2OS/c1-8-7-20-12(17-8)18-11(19)6-9-2-4-10(5-3-9)13(14,15)16/h2-5,7H,6H2,1H3,(H,17,18,19). The molecule has 7 heteroatoms. The van der Waals surface area contributed by atoms with Crippen molar-refractivity contribution in [2.75, 3.05) is 5.32 Å². The molecule has 2 rings (SSSR count). The van der Waals surface area contributed by atoms with Gasteiger partial charge in [-0.05, 0) is 24.6 Å². The summed E-state index contributed by atoms with van der Waals surface area (Å²) < 4.78 is 37.2. The van der Waals surface area contributed by atoms with Crippen molar-refractivity contribution in [1.29, 1.82) is 0 Å². The van der Waals surface area contributed by atoms with Crippen molar-refractivity contribution >= 4 is 22.4 Å². The Morgan fingerprint density at radius 1 is 1.30 bits per heavy atom. The van der Waals surface area contributed by atoms with Crippen molar-refractivity contribution in [3.8, 4) is 0 Å². The third kappa shape index (κ3) is 3.80. The molecule has 0 atom stereocenters. The Morgan fingerprint density at radius 3 is 2.45 bits per heavy atom. The second kappa shape index (κ2) is 5.62. The summed E-state index contributed by atoms with van der Waals surface area (Å²) in [6.45, 7) is 1.81. The number of carbonyl (C=O) groups excluding carboxylic acids is 1. The Morgan fingerprint density at radius 2 is 1.95 bits per heavy atom. The first kappa shape index (κ1) is 14.5. The Bertz CT molecular complexity index is 605. The lowest BCUT2D eigenvalue weighted by molar-refractivity contribution is -0.137. The summed E-state index contributed by atoms with van der Waals surface area (Å²) in [6.07, 6.45) is -4.35. The van der Waals surface area contributed by atoms with E-state index in [9.17, 15) is 18.0 Å². The van der Waals surface area contributed by atoms with E-state index in [1.165, 1.54) is 23.5 Å². The van der Waals surface area contributed by atoms with E-state index in [0.29, 0.717) is 10.7 Å². The highest BCUT2D eigenvalue weighted by Crippen LogP contribution is 2.29. The average Bonchev–Trinajstić information content (AvgIpc) is 2.74. The van der Waals surface area contributed by atoms with E-state index in [4.69, 9.17) is 0 Å². The van der Waals surface area contributed by atoms with Crippen LogP contribution in [0.5, 0.6) is 0 Å². The van der Waals surface area contributed by atoms with E-state index in [-0.39, 0.29) is 12.3 Å². The number of aromatic nitrogens is 1. The Hall–Kier alpha value is -1.89. The molecule has 0 bridgehead atoms. The van der Waals surface area contributed by atoms with Crippen LogP contribution in [0.15, 0.2) is 29.6 Å². The molecule has 0 saturated carbocycles. The van der Waals surface area contributed by atoms with Gasteiger partial charge in [0.15, 0.2) is 5.13 Å². The number of aryl methyl sites for hydroxylation is 1. The second-order valence-corrected chi connectivity index (χ2v) is 5.07. The van der Waals surface area contributed by atoms with E-state index in [1.807, 2.05) is 6.92 Å². The maximum atomic E-state index is 12.4. The first-order valence-electron chi connectivity index (χ1n) is 5.73. The van der Waals surface area contributed by atoms with Crippen molar-refractivity contribution in [3.63, 3.8) is 0 Å². The van der Waals surface area contributed by atoms with Crippen LogP contribution < -0.4 is 5.32 Å². The first-order valence-corrected chi connectivity index (χ1v) is 6.60. The molecule has 2 aromatic rings. The number of amides is 1. The van der Waals surface area contributed by atoms with Crippen LogP contribution in [0, 0.1) is 6.92 Å². The quantitative estimate of drug-likeness (QED) is 0.940. The van der Waals surface area contributed by atoms with Crippen molar-refractivity contribution in [1.82, 2.24) is 4.98 Å². The minimum atomic E-state index is -4.36. The topological polar surface area (TPSA) is 42.0 Å². The lowest BCUT2D eigenvalue weighted by atomic mass is 10.1. The highest BCUT2D eigenvalue weighted by atomic mass is 32.1. The van der Waals surface area contributed by atoms with Crippen LogP contribution in [0.4, 0.5) is 18.3 Å². The first-order chi connectivity index (χ1) is 9.34. The van der Waals surface area contributed by atoms with Crippen molar-refractivity contribution < 1.29 is 18.0 Å². The molecule has 106 valence electrons. The SMILES string of the molecule is Cc1csc(NC(=O)Cc2ccc(C(F)(F)F)cc2)n1. The number of nitrogens with one attached hydrogen (secondary N) is 1. The zero-order valence-corrected chi connectivity index (χ0v) is 11.3. The van der Waals surface area contributed by atoms with Crippen molar-refractivity contribution in [2.45, 2.75) is 19.5 Å². The van der Waals surface area contributed by atoms with Crippen LogP contribution in [-0.4, -0.2) is 10.9 Å². The van der Waals surface area contributed by atoms with Gasteiger partial charge in [-0.15, -0.1) is 11.3 Å². The number of hydrogen-bond acceptors (Lipinski definition) is 3. The predicted octanol–water partition coefficient (Wildman–Crippen LogP) is 3.65. The zero-order chi connectivity index (χ0) is 14.8. The Balaban J connectivity index is 1.98. The molecule has 1 heterocycles. The molecule has 0 unspecified atom stereocenters. The smallest absolute Gasteiger partial charge is 0.302 e. The largest absolute Gasteiger partial charge is 0.416 e. The Kier molecular flexibility index (Phi) is 4.08. The van der Waals surface area contributed by atoms with Crippen LogP contribution in [0.1, 0.15) is 16.8 Å². The maximum absolute atomic E-state index is 12.4. The molecule has 3 nitrogen and oxygen atoms in total. The summed E-state index contributed by atoms with van der Waals surface area (Å²) >= 11 is 1.30. The van der Waals surface area contributed by atoms with Crippen LogP contribution in [0.3, 0.4) is 0 Å². The molecule has 0 aliphatic carbocycles. The molecule has 0 spiro atoms. The monoisotopic (exact) mass is 300 g/mol. The molecule has 0 saturated heterocycles. The summed E-state index contributed by atoms with van der Waals surface area (Å²) in [5, 5.41) is 4.89. The lowest BCUT2D eigenvalue weighted by Crippen LogP contribution is -2.14. The van der Waals surface area contributed by atoms with Gasteiger partial charge < -0.3 is 5.32 Å². The van der Waals surface area contributed by atoms with Gasteiger partial charge in [0.05, 0.1) is 17.7 Å². The fourth-order valence-corrected chi connectivity index (χ4v) is 2.28. The molecule has 0 aliphatic heterocycles. The van der Waals surface area contributed by atoms with Gasteiger partial charge in [0.2, 0.25) is 5.91 Å². The third-order valence-electron chi connectivity index (χ3n) is 2.51. The van der Waals surface area contributed by atoms with E-state index >= 15 is 0 Å². The number of rotatable bonds is 3. The molecule has 1 N–H and O–H groups in total. The molecule has 0 fully saturated rings. The fraction of sp³-hybridized carbons (Fsp3) is 0.231. The average molecular weight is 300 g/mol. The summed E-state index contributed by atoms with van der Waals surface area (Å²) in [7, 11) is 0. The number of carbonyl (C=O) groups is 1. The normalized spacial score (nSPS) is 11.4. The van der Waals surface area contributed by atoms with E-state index in [0.717, 1.165) is 17.8 Å². The van der Waals surface area contributed by atoms with Gasteiger partial charge >= 0.3 is 6.18 Å². The van der Waals surface area contributed by atoms with Crippen LogP contribution >= 0.6 is 11.3 Å². The number of anilines is 1. The van der Waals surface area contributed by atoms with Gasteiger partial charge in [-0.1, -0.05) is 12.1 Å². The van der Waals surface area contributed by atoms with Gasteiger partial charge in [-0.25, -0.2) is 4.98 Å². The van der Waals surface area contributed by atoms with Crippen LogP contribution in [0.2, 0.25) is 0 Å². The van der Waals surface area contributed by atoms with E-state index in [2.05, 4.69) is 10.3 Å². The molecule has 1 aromatic heterocycles. The molecule has 20 heavy (non-hydrogen) atoms. The fourth-order valence-electron chi connectivity index (χ4n) is 1.57. The van der Waals surface area contributed by atoms with Crippen LogP contribution in [0.25, 0.3) is 0 Å². The minimum absolute atomic E-state index is 0.0107. The summed E-state index contributed by atoms with van der Waals surface area (Å²) in [5.74, 6) is -0.306. The van der Waals surface area contributed by atoms with Gasteiger partial charge in [-0.2, -0.15) is 13.2 Å². The molecule has 0 radical (unpaired) electrons. The number of hydrogen-bond donors (Lipinski definition) is 1. The van der Waals surface area contributed by atoms with Crippen molar-refractivity contribution in [2.24, 2.45) is 0 Å². The lowest BCUT2D eigenvalue weighted by Gasteiger charge is -2.07. The van der Waals surface area contributed by atoms with Crippen molar-refractivity contribution in [3.05, 3.63) is 46.5 Å². The molecule has 1 aromatic carbocycles.